The van der Waals surface area contributed by atoms with Gasteiger partial charge in [-0.2, -0.15) is 0 Å². The molecular formula is C22H29N3O2. The molecule has 1 fully saturated rings. The number of nitrogens with one attached hydrogen (secondary N) is 1. The second-order valence-electron chi connectivity index (χ2n) is 7.57. The van der Waals surface area contributed by atoms with E-state index in [9.17, 15) is 9.59 Å². The van der Waals surface area contributed by atoms with Crippen molar-refractivity contribution in [1.29, 1.82) is 0 Å². The van der Waals surface area contributed by atoms with E-state index in [1.807, 2.05) is 28.3 Å². The van der Waals surface area contributed by atoms with Gasteiger partial charge < -0.3 is 14.8 Å². The Balaban J connectivity index is 1.58. The number of benzene rings is 1. The van der Waals surface area contributed by atoms with Crippen molar-refractivity contribution in [2.24, 2.45) is 0 Å². The van der Waals surface area contributed by atoms with Crippen LogP contribution >= 0.6 is 0 Å². The van der Waals surface area contributed by atoms with Gasteiger partial charge in [-0.15, -0.1) is 0 Å². The summed E-state index contributed by atoms with van der Waals surface area (Å²) < 4.78 is 0. The van der Waals surface area contributed by atoms with Crippen LogP contribution in [-0.4, -0.2) is 52.8 Å². The van der Waals surface area contributed by atoms with Crippen molar-refractivity contribution in [3.05, 3.63) is 57.9 Å². The number of H-pyrrole nitrogens is 1. The van der Waals surface area contributed by atoms with Crippen molar-refractivity contribution in [3.63, 3.8) is 0 Å². The average Bonchev–Trinajstić information content (AvgIpc) is 3.16. The van der Waals surface area contributed by atoms with Crippen molar-refractivity contribution in [3.8, 4) is 0 Å². The molecule has 1 aromatic carbocycles. The van der Waals surface area contributed by atoms with E-state index >= 15 is 0 Å². The van der Waals surface area contributed by atoms with Crippen LogP contribution in [0.15, 0.2) is 24.5 Å². The third-order valence-electron chi connectivity index (χ3n) is 5.85. The third-order valence-corrected chi connectivity index (χ3v) is 5.85. The van der Waals surface area contributed by atoms with Gasteiger partial charge in [-0.3, -0.25) is 9.59 Å². The van der Waals surface area contributed by atoms with Crippen molar-refractivity contribution in [2.75, 3.05) is 26.2 Å². The lowest BCUT2D eigenvalue weighted by Gasteiger charge is -2.35. The highest BCUT2D eigenvalue weighted by Crippen LogP contribution is 2.23. The van der Waals surface area contributed by atoms with Crippen LogP contribution in [0.4, 0.5) is 0 Å². The molecule has 3 rings (SSSR count). The minimum atomic E-state index is 0.127. The van der Waals surface area contributed by atoms with Gasteiger partial charge in [-0.25, -0.2) is 0 Å². The summed E-state index contributed by atoms with van der Waals surface area (Å²) in [5, 5.41) is 0. The van der Waals surface area contributed by atoms with Crippen LogP contribution in [0.3, 0.4) is 0 Å². The Morgan fingerprint density at radius 1 is 0.889 bits per heavy atom. The summed E-state index contributed by atoms with van der Waals surface area (Å²) in [4.78, 5) is 32.0. The summed E-state index contributed by atoms with van der Waals surface area (Å²) in [6.07, 6.45) is 4.54. The van der Waals surface area contributed by atoms with Gasteiger partial charge in [0.2, 0.25) is 11.8 Å². The zero-order valence-electron chi connectivity index (χ0n) is 16.8. The molecule has 5 heteroatoms. The van der Waals surface area contributed by atoms with Gasteiger partial charge in [0.15, 0.2) is 0 Å². The number of hydrogen-bond donors (Lipinski definition) is 1. The molecule has 2 heterocycles. The summed E-state index contributed by atoms with van der Waals surface area (Å²) in [5.41, 5.74) is 7.06. The van der Waals surface area contributed by atoms with Gasteiger partial charge in [0, 0.05) is 38.6 Å². The lowest BCUT2D eigenvalue weighted by Crippen LogP contribution is -2.51. The van der Waals surface area contributed by atoms with Crippen LogP contribution in [0.25, 0.3) is 0 Å². The Morgan fingerprint density at radius 2 is 1.41 bits per heavy atom. The zero-order valence-corrected chi connectivity index (χ0v) is 16.8. The average molecular weight is 367 g/mol. The number of nitrogens with zero attached hydrogens (tertiary/aromatic N) is 2. The molecule has 1 aliphatic rings. The van der Waals surface area contributed by atoms with E-state index in [2.05, 4.69) is 38.7 Å². The molecule has 0 bridgehead atoms. The Morgan fingerprint density at radius 3 is 1.89 bits per heavy atom. The molecule has 0 radical (unpaired) electrons. The number of piperazine rings is 1. The summed E-state index contributed by atoms with van der Waals surface area (Å²) in [6, 6.07) is 4.11. The third kappa shape index (κ3) is 4.24. The Labute approximate surface area is 161 Å². The van der Waals surface area contributed by atoms with Crippen LogP contribution in [0.1, 0.15) is 33.4 Å². The Kier molecular flexibility index (Phi) is 5.68. The number of aromatic nitrogens is 1. The standard InChI is InChI=1S/C22H29N3O2/c1-15-11-16(2)18(4)20(17(15)3)13-22(27)25-9-7-24(8-10-25)21(26)12-19-5-6-23-14-19/h5-6,11,14,23H,7-10,12-13H2,1-4H3. The van der Waals surface area contributed by atoms with Crippen molar-refractivity contribution >= 4 is 11.8 Å². The number of amides is 2. The van der Waals surface area contributed by atoms with Crippen LogP contribution < -0.4 is 0 Å². The van der Waals surface area contributed by atoms with Crippen LogP contribution in [0.5, 0.6) is 0 Å². The molecule has 1 aliphatic heterocycles. The molecule has 0 saturated carbocycles. The molecule has 5 nitrogen and oxygen atoms in total. The van der Waals surface area contributed by atoms with Crippen molar-refractivity contribution in [1.82, 2.24) is 14.8 Å². The number of aromatic amines is 1. The minimum Gasteiger partial charge on any atom is -0.367 e. The van der Waals surface area contributed by atoms with E-state index in [0.717, 1.165) is 11.1 Å². The predicted molar refractivity (Wildman–Crippen MR) is 107 cm³/mol. The molecule has 144 valence electrons. The molecule has 1 saturated heterocycles. The maximum atomic E-state index is 12.8. The van der Waals surface area contributed by atoms with E-state index in [1.165, 1.54) is 22.3 Å². The first kappa shape index (κ1) is 19.2. The van der Waals surface area contributed by atoms with E-state index < -0.39 is 0 Å². The van der Waals surface area contributed by atoms with Gasteiger partial charge in [-0.1, -0.05) is 6.07 Å². The topological polar surface area (TPSA) is 56.4 Å². The normalized spacial score (nSPS) is 14.5. The Bertz CT molecular complexity index is 805. The molecule has 0 aliphatic carbocycles. The monoisotopic (exact) mass is 367 g/mol. The Hall–Kier alpha value is -2.56. The van der Waals surface area contributed by atoms with Gasteiger partial charge >= 0.3 is 0 Å². The van der Waals surface area contributed by atoms with Gasteiger partial charge in [0.1, 0.15) is 0 Å². The second-order valence-corrected chi connectivity index (χ2v) is 7.57. The van der Waals surface area contributed by atoms with E-state index in [-0.39, 0.29) is 11.8 Å². The van der Waals surface area contributed by atoms with Gasteiger partial charge in [0.25, 0.3) is 0 Å². The van der Waals surface area contributed by atoms with Crippen molar-refractivity contribution < 1.29 is 9.59 Å². The first-order valence-electron chi connectivity index (χ1n) is 9.60. The smallest absolute Gasteiger partial charge is 0.227 e. The second kappa shape index (κ2) is 7.99. The summed E-state index contributed by atoms with van der Waals surface area (Å²) in [6.45, 7) is 10.8. The fourth-order valence-electron chi connectivity index (χ4n) is 3.79. The number of rotatable bonds is 4. The van der Waals surface area contributed by atoms with Crippen LogP contribution in [0.2, 0.25) is 0 Å². The molecular weight excluding hydrogens is 338 g/mol. The minimum absolute atomic E-state index is 0.127. The fraction of sp³-hybridized carbons (Fsp3) is 0.455. The highest BCUT2D eigenvalue weighted by atomic mass is 16.2. The molecule has 0 unspecified atom stereocenters. The van der Waals surface area contributed by atoms with Crippen LogP contribution in [0, 0.1) is 27.7 Å². The lowest BCUT2D eigenvalue weighted by molar-refractivity contribution is -0.138. The molecule has 2 amide bonds. The zero-order chi connectivity index (χ0) is 19.6. The number of aryl methyl sites for hydroxylation is 2. The van der Waals surface area contributed by atoms with E-state index in [0.29, 0.717) is 39.0 Å². The van der Waals surface area contributed by atoms with Gasteiger partial charge in [0.05, 0.1) is 12.8 Å². The molecule has 2 aromatic rings. The summed E-state index contributed by atoms with van der Waals surface area (Å²) in [7, 11) is 0. The number of carbonyl (C=O) groups excluding carboxylic acids is 2. The summed E-state index contributed by atoms with van der Waals surface area (Å²) >= 11 is 0. The summed E-state index contributed by atoms with van der Waals surface area (Å²) in [5.74, 6) is 0.284. The highest BCUT2D eigenvalue weighted by Gasteiger charge is 2.25. The fourth-order valence-corrected chi connectivity index (χ4v) is 3.79. The van der Waals surface area contributed by atoms with E-state index in [4.69, 9.17) is 0 Å². The van der Waals surface area contributed by atoms with Crippen LogP contribution in [-0.2, 0) is 22.4 Å². The molecule has 1 N–H and O–H groups in total. The number of carbonyl (C=O) groups is 2. The van der Waals surface area contributed by atoms with Gasteiger partial charge in [-0.05, 0) is 67.1 Å². The predicted octanol–water partition coefficient (Wildman–Crippen LogP) is 2.70. The lowest BCUT2D eigenvalue weighted by atomic mass is 9.92. The molecule has 1 aromatic heterocycles. The first-order chi connectivity index (χ1) is 12.9. The SMILES string of the molecule is Cc1cc(C)c(C)c(CC(=O)N2CCN(C(=O)Cc3cc[nH]c3)CC2)c1C. The number of hydrogen-bond acceptors (Lipinski definition) is 2. The highest BCUT2D eigenvalue weighted by molar-refractivity contribution is 5.81. The first-order valence-corrected chi connectivity index (χ1v) is 9.60. The largest absolute Gasteiger partial charge is 0.367 e. The molecule has 27 heavy (non-hydrogen) atoms. The molecule has 0 spiro atoms. The van der Waals surface area contributed by atoms with E-state index in [1.54, 1.807) is 0 Å². The maximum absolute atomic E-state index is 12.8. The maximum Gasteiger partial charge on any atom is 0.227 e. The quantitative estimate of drug-likeness (QED) is 0.903. The van der Waals surface area contributed by atoms with Crippen molar-refractivity contribution in [2.45, 2.75) is 40.5 Å². The molecule has 0 atom stereocenters.